The first kappa shape index (κ1) is 26.3. The van der Waals surface area contributed by atoms with Crippen molar-refractivity contribution in [2.24, 2.45) is 0 Å². The van der Waals surface area contributed by atoms with Crippen molar-refractivity contribution >= 4 is 23.5 Å². The maximum absolute atomic E-state index is 12.5. The van der Waals surface area contributed by atoms with Crippen molar-refractivity contribution in [2.75, 3.05) is 36.8 Å². The number of hydrogen-bond acceptors (Lipinski definition) is 6. The van der Waals surface area contributed by atoms with Crippen molar-refractivity contribution in [3.8, 4) is 22.5 Å². The molecule has 0 saturated carbocycles. The number of aromatic nitrogens is 2. The Balaban J connectivity index is 1.29. The number of amides is 2. The summed E-state index contributed by atoms with van der Waals surface area (Å²) >= 11 is 0. The Labute approximate surface area is 222 Å². The predicted octanol–water partition coefficient (Wildman–Crippen LogP) is 4.13. The van der Waals surface area contributed by atoms with Crippen LogP contribution in [0.3, 0.4) is 0 Å². The average molecular weight is 509 g/mol. The molecule has 1 heterocycles. The Bertz CT molecular complexity index is 1330. The molecule has 0 spiro atoms. The summed E-state index contributed by atoms with van der Waals surface area (Å²) in [6.07, 6.45) is 0.323. The van der Waals surface area contributed by atoms with E-state index >= 15 is 0 Å². The molecule has 0 aliphatic rings. The number of carbonyl (C=O) groups excluding carboxylic acids is 2. The fourth-order valence-corrected chi connectivity index (χ4v) is 3.86. The molecular formula is C30H32N6O2. The van der Waals surface area contributed by atoms with Crippen molar-refractivity contribution in [3.63, 3.8) is 0 Å². The number of carbonyl (C=O) groups is 2. The Kier molecular flexibility index (Phi) is 9.39. The summed E-state index contributed by atoms with van der Waals surface area (Å²) in [4.78, 5) is 32.8. The Hall–Kier alpha value is -4.72. The second kappa shape index (κ2) is 13.5. The van der Waals surface area contributed by atoms with Gasteiger partial charge < -0.3 is 21.3 Å². The molecule has 8 heteroatoms. The van der Waals surface area contributed by atoms with Gasteiger partial charge in [-0.3, -0.25) is 9.59 Å². The molecule has 4 rings (SSSR count). The summed E-state index contributed by atoms with van der Waals surface area (Å²) in [6.45, 7) is 3.48. The lowest BCUT2D eigenvalue weighted by Crippen LogP contribution is -2.30. The molecule has 1 aromatic heterocycles. The van der Waals surface area contributed by atoms with E-state index in [9.17, 15) is 9.59 Å². The van der Waals surface area contributed by atoms with Gasteiger partial charge in [-0.1, -0.05) is 84.9 Å². The van der Waals surface area contributed by atoms with Crippen LogP contribution in [0.25, 0.3) is 22.5 Å². The van der Waals surface area contributed by atoms with E-state index in [0.717, 1.165) is 22.3 Å². The number of nitrogens with zero attached hydrogens (tertiary/aromatic N) is 2. The monoisotopic (exact) mass is 508 g/mol. The van der Waals surface area contributed by atoms with E-state index in [2.05, 4.69) is 43.4 Å². The van der Waals surface area contributed by atoms with Crippen LogP contribution in [0.2, 0.25) is 0 Å². The molecule has 2 amide bonds. The molecule has 0 radical (unpaired) electrons. The van der Waals surface area contributed by atoms with E-state index in [1.54, 1.807) is 0 Å². The Morgan fingerprint density at radius 2 is 1.16 bits per heavy atom. The minimum Gasteiger partial charge on any atom is -0.368 e. The lowest BCUT2D eigenvalue weighted by molar-refractivity contribution is -0.120. The molecule has 0 saturated heterocycles. The molecule has 4 N–H and O–H groups in total. The van der Waals surface area contributed by atoms with Crippen LogP contribution in [-0.4, -0.2) is 48.0 Å². The second-order valence-electron chi connectivity index (χ2n) is 8.75. The van der Waals surface area contributed by atoms with E-state index < -0.39 is 0 Å². The van der Waals surface area contributed by atoms with E-state index in [-0.39, 0.29) is 11.8 Å². The summed E-state index contributed by atoms with van der Waals surface area (Å²) in [5, 5.41) is 12.2. The first-order valence-electron chi connectivity index (χ1n) is 12.6. The minimum atomic E-state index is -0.0759. The summed E-state index contributed by atoms with van der Waals surface area (Å²) < 4.78 is 0. The van der Waals surface area contributed by atoms with Crippen molar-refractivity contribution in [2.45, 2.75) is 13.3 Å². The van der Waals surface area contributed by atoms with Crippen molar-refractivity contribution < 1.29 is 9.59 Å². The molecule has 0 bridgehead atoms. The predicted molar refractivity (Wildman–Crippen MR) is 152 cm³/mol. The summed E-state index contributed by atoms with van der Waals surface area (Å²) in [5.74, 6) is 1.77. The van der Waals surface area contributed by atoms with Gasteiger partial charge in [-0.05, 0) is 16.7 Å². The molecule has 0 unspecified atom stereocenters. The molecule has 0 fully saturated rings. The van der Waals surface area contributed by atoms with Gasteiger partial charge >= 0.3 is 0 Å². The molecule has 8 nitrogen and oxygen atoms in total. The largest absolute Gasteiger partial charge is 0.368 e. The van der Waals surface area contributed by atoms with Crippen LogP contribution >= 0.6 is 0 Å². The first-order chi connectivity index (χ1) is 18.6. The van der Waals surface area contributed by atoms with Gasteiger partial charge in [0.1, 0.15) is 11.6 Å². The van der Waals surface area contributed by atoms with E-state index in [1.807, 2.05) is 78.9 Å². The lowest BCUT2D eigenvalue weighted by atomic mass is 10.0. The fourth-order valence-electron chi connectivity index (χ4n) is 3.86. The third-order valence-corrected chi connectivity index (χ3v) is 5.74. The second-order valence-corrected chi connectivity index (χ2v) is 8.75. The van der Waals surface area contributed by atoms with Gasteiger partial charge in [0.05, 0.1) is 6.42 Å². The van der Waals surface area contributed by atoms with Crippen LogP contribution in [0, 0.1) is 0 Å². The van der Waals surface area contributed by atoms with Crippen LogP contribution in [0.4, 0.5) is 11.6 Å². The third-order valence-electron chi connectivity index (χ3n) is 5.74. The van der Waals surface area contributed by atoms with Gasteiger partial charge in [0.2, 0.25) is 11.8 Å². The van der Waals surface area contributed by atoms with Crippen LogP contribution < -0.4 is 21.3 Å². The van der Waals surface area contributed by atoms with Gasteiger partial charge in [-0.25, -0.2) is 9.97 Å². The average Bonchev–Trinajstić information content (AvgIpc) is 2.95. The number of benzene rings is 3. The standard InChI is InChI=1S/C30H32N6O2/c1-22(37)31-16-17-32-27-21-28(36-30(35-27)26-10-6-3-7-11-26)33-18-19-34-29(38)20-23-12-14-25(15-13-23)24-8-4-2-5-9-24/h2-15,21H,16-20H2,1H3,(H,31,37)(H,34,38)(H2,32,33,35,36). The molecule has 38 heavy (non-hydrogen) atoms. The van der Waals surface area contributed by atoms with Gasteiger partial charge in [-0.2, -0.15) is 0 Å². The van der Waals surface area contributed by atoms with Crippen molar-refractivity contribution in [1.29, 1.82) is 0 Å². The van der Waals surface area contributed by atoms with Crippen LogP contribution in [-0.2, 0) is 16.0 Å². The fraction of sp³-hybridized carbons (Fsp3) is 0.200. The van der Waals surface area contributed by atoms with E-state index in [0.29, 0.717) is 50.1 Å². The molecular weight excluding hydrogens is 476 g/mol. The van der Waals surface area contributed by atoms with Crippen LogP contribution in [0.5, 0.6) is 0 Å². The van der Waals surface area contributed by atoms with Gasteiger partial charge in [0.25, 0.3) is 0 Å². The topological polar surface area (TPSA) is 108 Å². The van der Waals surface area contributed by atoms with E-state index in [1.165, 1.54) is 6.92 Å². The summed E-state index contributed by atoms with van der Waals surface area (Å²) in [5.41, 5.74) is 4.14. The van der Waals surface area contributed by atoms with E-state index in [4.69, 9.17) is 0 Å². The SMILES string of the molecule is CC(=O)NCCNc1cc(NCCNC(=O)Cc2ccc(-c3ccccc3)cc2)nc(-c2ccccc2)n1. The highest BCUT2D eigenvalue weighted by Crippen LogP contribution is 2.21. The molecule has 194 valence electrons. The normalized spacial score (nSPS) is 10.4. The third kappa shape index (κ3) is 8.16. The number of hydrogen-bond donors (Lipinski definition) is 4. The number of nitrogens with one attached hydrogen (secondary N) is 4. The highest BCUT2D eigenvalue weighted by molar-refractivity contribution is 5.79. The maximum atomic E-state index is 12.5. The highest BCUT2D eigenvalue weighted by Gasteiger charge is 2.08. The smallest absolute Gasteiger partial charge is 0.224 e. The minimum absolute atomic E-state index is 0.0350. The van der Waals surface area contributed by atoms with Crippen LogP contribution in [0.15, 0.2) is 91.0 Å². The van der Waals surface area contributed by atoms with Crippen molar-refractivity contribution in [1.82, 2.24) is 20.6 Å². The molecule has 0 aliphatic heterocycles. The Morgan fingerprint density at radius 1 is 0.632 bits per heavy atom. The number of rotatable bonds is 12. The lowest BCUT2D eigenvalue weighted by Gasteiger charge is -2.12. The zero-order valence-electron chi connectivity index (χ0n) is 21.4. The molecule has 0 atom stereocenters. The Morgan fingerprint density at radius 3 is 1.74 bits per heavy atom. The van der Waals surface area contributed by atoms with Crippen molar-refractivity contribution in [3.05, 3.63) is 96.6 Å². The van der Waals surface area contributed by atoms with Gasteiger partial charge in [-0.15, -0.1) is 0 Å². The zero-order chi connectivity index (χ0) is 26.6. The number of anilines is 2. The highest BCUT2D eigenvalue weighted by atomic mass is 16.2. The maximum Gasteiger partial charge on any atom is 0.224 e. The van der Waals surface area contributed by atoms with Crippen LogP contribution in [0.1, 0.15) is 12.5 Å². The zero-order valence-corrected chi connectivity index (χ0v) is 21.4. The quantitative estimate of drug-likeness (QED) is 0.214. The summed E-state index contributed by atoms with van der Waals surface area (Å²) in [6, 6.07) is 29.8. The van der Waals surface area contributed by atoms with Gasteiger partial charge in [0.15, 0.2) is 5.82 Å². The molecule has 3 aromatic carbocycles. The first-order valence-corrected chi connectivity index (χ1v) is 12.6. The summed E-state index contributed by atoms with van der Waals surface area (Å²) in [7, 11) is 0. The molecule has 0 aliphatic carbocycles. The molecule has 4 aromatic rings. The van der Waals surface area contributed by atoms with Gasteiger partial charge in [0, 0.05) is 44.7 Å².